The van der Waals surface area contributed by atoms with E-state index in [1.54, 1.807) is 6.92 Å². The van der Waals surface area contributed by atoms with Crippen LogP contribution in [0.5, 0.6) is 5.75 Å². The molecule has 0 saturated heterocycles. The minimum absolute atomic E-state index is 0.0945. The molecule has 2 heterocycles. The zero-order chi connectivity index (χ0) is 22.5. The third-order valence-electron chi connectivity index (χ3n) is 6.13. The Bertz CT molecular complexity index is 1150. The molecule has 2 aromatic rings. The second-order valence-electron chi connectivity index (χ2n) is 7.84. The van der Waals surface area contributed by atoms with Crippen molar-refractivity contribution in [3.63, 3.8) is 0 Å². The van der Waals surface area contributed by atoms with Gasteiger partial charge in [0.05, 0.1) is 10.6 Å². The molecule has 1 aliphatic carbocycles. The average Bonchev–Trinajstić information content (AvgIpc) is 3.47. The van der Waals surface area contributed by atoms with Gasteiger partial charge in [0, 0.05) is 43.9 Å². The Kier molecular flexibility index (Phi) is 5.26. The Morgan fingerprint density at radius 1 is 1.39 bits per heavy atom. The van der Waals surface area contributed by atoms with Crippen LogP contribution < -0.4 is 10.7 Å². The standard InChI is InChI=1S/C21H21ClFN3O5/c1-2-25-10-21(6-12(21)9-27)26-8-13(17(28)18(29)16(26)20(25)31)19(30)24-7-11-4-3-5-14(22)15(11)23/h3-5,8,12,27,29H,2,6-7,9-10H2,1H3,(H,24,30)/t12-,21+/m0/s1. The van der Waals surface area contributed by atoms with Gasteiger partial charge in [0.2, 0.25) is 5.43 Å². The van der Waals surface area contributed by atoms with Crippen LogP contribution in [0.15, 0.2) is 29.2 Å². The van der Waals surface area contributed by atoms with Gasteiger partial charge in [-0.05, 0) is 19.4 Å². The molecule has 4 rings (SSSR count). The topological polar surface area (TPSA) is 112 Å². The Morgan fingerprint density at radius 2 is 2.13 bits per heavy atom. The van der Waals surface area contributed by atoms with Gasteiger partial charge < -0.3 is 25.0 Å². The van der Waals surface area contributed by atoms with Crippen molar-refractivity contribution in [1.82, 2.24) is 14.8 Å². The van der Waals surface area contributed by atoms with Crippen LogP contribution in [0.2, 0.25) is 5.02 Å². The summed E-state index contributed by atoms with van der Waals surface area (Å²) in [5.41, 5.74) is -2.10. The highest BCUT2D eigenvalue weighted by atomic mass is 35.5. The van der Waals surface area contributed by atoms with Crippen molar-refractivity contribution in [2.24, 2.45) is 5.92 Å². The molecule has 3 N–H and O–H groups in total. The van der Waals surface area contributed by atoms with Crippen LogP contribution in [0.1, 0.15) is 39.8 Å². The first-order valence-corrected chi connectivity index (χ1v) is 10.2. The quantitative estimate of drug-likeness (QED) is 0.640. The summed E-state index contributed by atoms with van der Waals surface area (Å²) in [6.07, 6.45) is 1.79. The summed E-state index contributed by atoms with van der Waals surface area (Å²) < 4.78 is 15.5. The van der Waals surface area contributed by atoms with E-state index in [1.165, 1.54) is 33.9 Å². The first-order valence-electron chi connectivity index (χ1n) is 9.85. The van der Waals surface area contributed by atoms with Crippen LogP contribution in [-0.4, -0.2) is 51.2 Å². The van der Waals surface area contributed by atoms with Crippen molar-refractivity contribution in [2.45, 2.75) is 25.4 Å². The van der Waals surface area contributed by atoms with E-state index in [9.17, 15) is 29.0 Å². The van der Waals surface area contributed by atoms with Crippen molar-refractivity contribution < 1.29 is 24.2 Å². The van der Waals surface area contributed by atoms with Gasteiger partial charge in [-0.25, -0.2) is 4.39 Å². The second-order valence-corrected chi connectivity index (χ2v) is 8.25. The van der Waals surface area contributed by atoms with Crippen molar-refractivity contribution in [2.75, 3.05) is 19.7 Å². The highest BCUT2D eigenvalue weighted by Crippen LogP contribution is 2.53. The summed E-state index contributed by atoms with van der Waals surface area (Å²) in [6.45, 7) is 2.11. The van der Waals surface area contributed by atoms with E-state index in [0.29, 0.717) is 19.5 Å². The Labute approximate surface area is 181 Å². The van der Waals surface area contributed by atoms with E-state index in [4.69, 9.17) is 11.6 Å². The molecule has 0 unspecified atom stereocenters. The molecular weight excluding hydrogens is 429 g/mol. The maximum atomic E-state index is 14.1. The third kappa shape index (κ3) is 3.28. The highest BCUT2D eigenvalue weighted by Gasteiger charge is 2.60. The predicted molar refractivity (Wildman–Crippen MR) is 110 cm³/mol. The molecule has 10 heteroatoms. The van der Waals surface area contributed by atoms with Crippen molar-refractivity contribution in [1.29, 1.82) is 0 Å². The lowest BCUT2D eigenvalue weighted by Crippen LogP contribution is -2.49. The molecule has 1 aromatic carbocycles. The minimum atomic E-state index is -0.988. The van der Waals surface area contributed by atoms with Crippen molar-refractivity contribution in [3.05, 3.63) is 62.3 Å². The average molecular weight is 450 g/mol. The molecule has 0 bridgehead atoms. The largest absolute Gasteiger partial charge is 0.503 e. The number of aliphatic hydroxyl groups excluding tert-OH is 1. The summed E-state index contributed by atoms with van der Waals surface area (Å²) in [4.78, 5) is 39.7. The number of fused-ring (bicyclic) bond motifs is 2. The minimum Gasteiger partial charge on any atom is -0.503 e. The lowest BCUT2D eigenvalue weighted by Gasteiger charge is -2.37. The van der Waals surface area contributed by atoms with Crippen LogP contribution in [0.25, 0.3) is 0 Å². The zero-order valence-electron chi connectivity index (χ0n) is 16.7. The summed E-state index contributed by atoms with van der Waals surface area (Å²) >= 11 is 5.74. The number of carbonyl (C=O) groups excluding carboxylic acids is 2. The van der Waals surface area contributed by atoms with Crippen LogP contribution in [0, 0.1) is 11.7 Å². The molecule has 1 spiro atoms. The summed E-state index contributed by atoms with van der Waals surface area (Å²) in [7, 11) is 0. The first-order chi connectivity index (χ1) is 14.7. The fourth-order valence-electron chi connectivity index (χ4n) is 4.25. The number of carbonyl (C=O) groups is 2. The number of amides is 2. The Balaban J connectivity index is 1.72. The molecule has 31 heavy (non-hydrogen) atoms. The lowest BCUT2D eigenvalue weighted by molar-refractivity contribution is 0.0630. The Hall–Kier alpha value is -2.91. The van der Waals surface area contributed by atoms with Crippen LogP contribution in [0.4, 0.5) is 4.39 Å². The molecule has 2 aliphatic rings. The van der Waals surface area contributed by atoms with Gasteiger partial charge in [-0.15, -0.1) is 0 Å². The number of aromatic nitrogens is 1. The molecule has 2 atom stereocenters. The van der Waals surface area contributed by atoms with Gasteiger partial charge in [-0.3, -0.25) is 14.4 Å². The monoisotopic (exact) mass is 449 g/mol. The molecular formula is C21H21ClFN3O5. The van der Waals surface area contributed by atoms with E-state index in [2.05, 4.69) is 5.32 Å². The van der Waals surface area contributed by atoms with E-state index >= 15 is 0 Å². The summed E-state index contributed by atoms with van der Waals surface area (Å²) in [5.74, 6) is -3.00. The maximum Gasteiger partial charge on any atom is 0.274 e. The van der Waals surface area contributed by atoms with Crippen molar-refractivity contribution in [3.8, 4) is 5.75 Å². The number of pyridine rings is 1. The highest BCUT2D eigenvalue weighted by molar-refractivity contribution is 6.30. The predicted octanol–water partition coefficient (Wildman–Crippen LogP) is 1.46. The number of nitrogens with one attached hydrogen (secondary N) is 1. The molecule has 1 fully saturated rings. The number of aliphatic hydroxyl groups is 1. The van der Waals surface area contributed by atoms with Gasteiger partial charge in [0.15, 0.2) is 11.4 Å². The summed E-state index contributed by atoms with van der Waals surface area (Å²) in [5, 5.41) is 22.6. The van der Waals surface area contributed by atoms with Gasteiger partial charge in [-0.1, -0.05) is 23.7 Å². The number of aromatic hydroxyl groups is 1. The molecule has 164 valence electrons. The number of rotatable bonds is 5. The van der Waals surface area contributed by atoms with E-state index in [-0.39, 0.29) is 40.9 Å². The summed E-state index contributed by atoms with van der Waals surface area (Å²) in [6, 6.07) is 4.35. The molecule has 0 radical (unpaired) electrons. The number of likely N-dealkylation sites (N-methyl/N-ethyl adjacent to an activating group) is 1. The fourth-order valence-corrected chi connectivity index (χ4v) is 4.44. The second kappa shape index (κ2) is 7.65. The number of hydrogen-bond donors (Lipinski definition) is 3. The number of benzene rings is 1. The van der Waals surface area contributed by atoms with E-state index in [0.717, 1.165) is 0 Å². The van der Waals surface area contributed by atoms with Crippen LogP contribution in [0.3, 0.4) is 0 Å². The molecule has 1 aromatic heterocycles. The molecule has 1 saturated carbocycles. The maximum absolute atomic E-state index is 14.1. The molecule has 1 aliphatic heterocycles. The number of nitrogens with zero attached hydrogens (tertiary/aromatic N) is 2. The van der Waals surface area contributed by atoms with E-state index in [1.807, 2.05) is 0 Å². The fraction of sp³-hybridized carbons (Fsp3) is 0.381. The van der Waals surface area contributed by atoms with Gasteiger partial charge in [0.1, 0.15) is 11.4 Å². The normalized spacial score (nSPS) is 21.9. The first kappa shape index (κ1) is 21.3. The SMILES string of the molecule is CCN1C[C@@]2(C[C@H]2CO)n2cc(C(=O)NCc3cccc(Cl)c3F)c(=O)c(O)c2C1=O. The molecule has 8 nitrogen and oxygen atoms in total. The zero-order valence-corrected chi connectivity index (χ0v) is 17.4. The number of halogens is 2. The van der Waals surface area contributed by atoms with Gasteiger partial charge in [-0.2, -0.15) is 0 Å². The Morgan fingerprint density at radius 3 is 2.77 bits per heavy atom. The van der Waals surface area contributed by atoms with Crippen molar-refractivity contribution >= 4 is 23.4 Å². The van der Waals surface area contributed by atoms with Crippen LogP contribution in [-0.2, 0) is 12.1 Å². The van der Waals surface area contributed by atoms with Gasteiger partial charge in [0.25, 0.3) is 11.8 Å². The van der Waals surface area contributed by atoms with Crippen LogP contribution >= 0.6 is 11.6 Å². The van der Waals surface area contributed by atoms with E-state index < -0.39 is 34.3 Å². The van der Waals surface area contributed by atoms with Gasteiger partial charge >= 0.3 is 0 Å². The lowest BCUT2D eigenvalue weighted by atomic mass is 10.0. The molecule has 2 amide bonds. The third-order valence-corrected chi connectivity index (χ3v) is 6.43. The number of hydrogen-bond acceptors (Lipinski definition) is 5. The smallest absolute Gasteiger partial charge is 0.274 e.